The number of aliphatic hydroxyl groups is 1. The molecular weight excluding hydrogens is 408 g/mol. The van der Waals surface area contributed by atoms with Crippen LogP contribution < -0.4 is 21.3 Å². The first-order valence-corrected chi connectivity index (χ1v) is 11.5. The number of benzene rings is 1. The minimum atomic E-state index is -0.237. The first-order valence-electron chi connectivity index (χ1n) is 11.5. The number of fused-ring (bicyclic) bond motifs is 2. The molecule has 1 amide bonds. The Bertz CT molecular complexity index is 1140. The zero-order valence-electron chi connectivity index (χ0n) is 18.7. The second-order valence-electron chi connectivity index (χ2n) is 8.81. The molecule has 8 nitrogen and oxygen atoms in total. The van der Waals surface area contributed by atoms with Crippen LogP contribution in [-0.2, 0) is 11.3 Å². The molecule has 1 aromatic heterocycles. The van der Waals surface area contributed by atoms with E-state index in [2.05, 4.69) is 16.6 Å². The van der Waals surface area contributed by atoms with Crippen LogP contribution in [0.3, 0.4) is 0 Å². The molecule has 1 aliphatic heterocycles. The van der Waals surface area contributed by atoms with Crippen molar-refractivity contribution < 1.29 is 14.6 Å². The smallest absolute Gasteiger partial charge is 0.274 e. The van der Waals surface area contributed by atoms with E-state index in [1.807, 2.05) is 24.0 Å². The molecule has 0 unspecified atom stereocenters. The lowest BCUT2D eigenvalue weighted by molar-refractivity contribution is -0.132. The molecule has 1 fully saturated rings. The second-order valence-corrected chi connectivity index (χ2v) is 8.81. The number of imidazole rings is 1. The van der Waals surface area contributed by atoms with Gasteiger partial charge in [-0.3, -0.25) is 14.6 Å². The molecule has 1 aliphatic carbocycles. The molecule has 0 atom stereocenters. The fourth-order valence-electron chi connectivity index (χ4n) is 4.67. The van der Waals surface area contributed by atoms with Crippen LogP contribution in [0.2, 0.25) is 0 Å². The lowest BCUT2D eigenvalue weighted by Crippen LogP contribution is -2.37. The zero-order valence-corrected chi connectivity index (χ0v) is 18.7. The monoisotopic (exact) mass is 440 g/mol. The van der Waals surface area contributed by atoms with Crippen molar-refractivity contribution in [2.24, 2.45) is 10.9 Å². The van der Waals surface area contributed by atoms with Gasteiger partial charge in [0.25, 0.3) is 5.56 Å². The summed E-state index contributed by atoms with van der Waals surface area (Å²) in [5, 5.41) is 9.74. The number of nitrogens with zero attached hydrogens (tertiary/aromatic N) is 3. The van der Waals surface area contributed by atoms with Crippen molar-refractivity contribution in [1.29, 1.82) is 0 Å². The summed E-state index contributed by atoms with van der Waals surface area (Å²) in [6, 6.07) is 3.98. The van der Waals surface area contributed by atoms with Crippen molar-refractivity contribution in [3.05, 3.63) is 44.6 Å². The molecule has 1 aromatic carbocycles. The average Bonchev–Trinajstić information content (AvgIpc) is 3.38. The number of aliphatic hydroxyl groups excluding tert-OH is 1. The summed E-state index contributed by atoms with van der Waals surface area (Å²) in [6.45, 7) is 7.82. The van der Waals surface area contributed by atoms with Crippen molar-refractivity contribution in [3.8, 4) is 5.75 Å². The first kappa shape index (κ1) is 22.3. The van der Waals surface area contributed by atoms with Gasteiger partial charge in [0.15, 0.2) is 0 Å². The van der Waals surface area contributed by atoms with E-state index in [0.717, 1.165) is 23.4 Å². The number of carbonyl (C=O) groups excluding carboxylic acids is 1. The lowest BCUT2D eigenvalue weighted by Gasteiger charge is -2.25. The van der Waals surface area contributed by atoms with E-state index in [4.69, 9.17) is 4.74 Å². The van der Waals surface area contributed by atoms with Crippen LogP contribution in [0.4, 0.5) is 5.69 Å². The van der Waals surface area contributed by atoms with Gasteiger partial charge in [0.2, 0.25) is 11.5 Å². The molecule has 2 aliphatic rings. The molecule has 8 heteroatoms. The van der Waals surface area contributed by atoms with Crippen molar-refractivity contribution in [2.45, 2.75) is 52.0 Å². The highest BCUT2D eigenvalue weighted by Gasteiger charge is 2.22. The Morgan fingerprint density at radius 1 is 1.38 bits per heavy atom. The highest BCUT2D eigenvalue weighted by atomic mass is 16.5. The maximum absolute atomic E-state index is 12.7. The highest BCUT2D eigenvalue weighted by molar-refractivity contribution is 5.76. The molecule has 172 valence electrons. The van der Waals surface area contributed by atoms with Gasteiger partial charge in [0.05, 0.1) is 19.8 Å². The number of aromatic nitrogens is 2. The predicted molar refractivity (Wildman–Crippen MR) is 122 cm³/mol. The zero-order chi connectivity index (χ0) is 22.7. The van der Waals surface area contributed by atoms with Crippen LogP contribution in [0.25, 0.3) is 6.58 Å². The standard InChI is InChI=1S/C24H32N4O4/c1-16-9-10-19-15-28-17(2)23(31)26-24(28)25-21(19)22(16)32-13-5-8-20(30)27(11-12-29)14-18-6-3-4-7-18/h9-10,18,29H,2-8,11-15H2,1H3,(H,25,26,31). The molecule has 0 bridgehead atoms. The number of amides is 1. The summed E-state index contributed by atoms with van der Waals surface area (Å²) in [6.07, 6.45) is 5.79. The van der Waals surface area contributed by atoms with E-state index in [1.54, 1.807) is 4.57 Å². The van der Waals surface area contributed by atoms with Gasteiger partial charge in [-0.25, -0.2) is 4.99 Å². The van der Waals surface area contributed by atoms with Gasteiger partial charge in [-0.15, -0.1) is 0 Å². The van der Waals surface area contributed by atoms with Crippen LogP contribution >= 0.6 is 0 Å². The number of hydrogen-bond donors (Lipinski definition) is 2. The van der Waals surface area contributed by atoms with Crippen LogP contribution in [0.1, 0.15) is 49.7 Å². The van der Waals surface area contributed by atoms with Crippen LogP contribution in [0.5, 0.6) is 5.75 Å². The molecule has 2 N–H and O–H groups in total. The molecule has 2 heterocycles. The maximum atomic E-state index is 12.7. The number of nitrogens with one attached hydrogen (secondary N) is 1. The Kier molecular flexibility index (Phi) is 6.79. The predicted octanol–water partition coefficient (Wildman–Crippen LogP) is 1.38. The van der Waals surface area contributed by atoms with E-state index in [-0.39, 0.29) is 18.1 Å². The summed E-state index contributed by atoms with van der Waals surface area (Å²) in [4.78, 5) is 33.8. The van der Waals surface area contributed by atoms with Gasteiger partial charge in [0.1, 0.15) is 16.8 Å². The summed E-state index contributed by atoms with van der Waals surface area (Å²) in [7, 11) is 0. The van der Waals surface area contributed by atoms with Gasteiger partial charge in [-0.05, 0) is 37.7 Å². The molecule has 0 spiro atoms. The molecule has 0 saturated heterocycles. The van der Waals surface area contributed by atoms with Crippen molar-refractivity contribution >= 4 is 18.2 Å². The Morgan fingerprint density at radius 3 is 2.91 bits per heavy atom. The lowest BCUT2D eigenvalue weighted by atomic mass is 10.1. The second kappa shape index (κ2) is 9.73. The summed E-state index contributed by atoms with van der Waals surface area (Å²) in [5.41, 5.74) is 2.89. The van der Waals surface area contributed by atoms with Gasteiger partial charge in [-0.2, -0.15) is 0 Å². The average molecular weight is 441 g/mol. The van der Waals surface area contributed by atoms with Gasteiger partial charge in [0, 0.05) is 25.1 Å². The SMILES string of the molecule is C=c1c(=O)[nH]c2n1Cc1ccc(C)c(OCCCC(=O)N(CCO)CC3CCCC3)c1N=2. The van der Waals surface area contributed by atoms with E-state index >= 15 is 0 Å². The highest BCUT2D eigenvalue weighted by Crippen LogP contribution is 2.36. The molecule has 0 radical (unpaired) electrons. The Balaban J connectivity index is 1.39. The minimum Gasteiger partial charge on any atom is -0.491 e. The third-order valence-electron chi connectivity index (χ3n) is 6.48. The number of carbonyl (C=O) groups is 1. The summed E-state index contributed by atoms with van der Waals surface area (Å²) < 4.78 is 7.85. The fraction of sp³-hybridized carbons (Fsp3) is 0.542. The minimum absolute atomic E-state index is 0.00930. The molecule has 32 heavy (non-hydrogen) atoms. The Morgan fingerprint density at radius 2 is 2.16 bits per heavy atom. The quantitative estimate of drug-likeness (QED) is 0.491. The van der Waals surface area contributed by atoms with E-state index in [1.165, 1.54) is 25.7 Å². The molecule has 4 rings (SSSR count). The fourth-order valence-corrected chi connectivity index (χ4v) is 4.67. The van der Waals surface area contributed by atoms with E-state index in [0.29, 0.717) is 55.2 Å². The third kappa shape index (κ3) is 4.65. The van der Waals surface area contributed by atoms with Gasteiger partial charge >= 0.3 is 0 Å². The van der Waals surface area contributed by atoms with Gasteiger partial charge < -0.3 is 19.3 Å². The van der Waals surface area contributed by atoms with Crippen LogP contribution in [0, 0.1) is 12.8 Å². The first-order chi connectivity index (χ1) is 15.5. The largest absolute Gasteiger partial charge is 0.491 e. The maximum Gasteiger partial charge on any atom is 0.274 e. The normalized spacial score (nSPS) is 15.2. The number of H-pyrrole nitrogens is 1. The number of rotatable bonds is 9. The number of ether oxygens (including phenoxy) is 1. The summed E-state index contributed by atoms with van der Waals surface area (Å²) >= 11 is 0. The van der Waals surface area contributed by atoms with Crippen molar-refractivity contribution in [1.82, 2.24) is 14.5 Å². The molecular formula is C24H32N4O4. The van der Waals surface area contributed by atoms with Crippen LogP contribution in [-0.4, -0.2) is 51.8 Å². The summed E-state index contributed by atoms with van der Waals surface area (Å²) in [5.74, 6) is 1.32. The Labute approximate surface area is 187 Å². The Hall–Kier alpha value is -2.87. The van der Waals surface area contributed by atoms with E-state index in [9.17, 15) is 14.7 Å². The third-order valence-corrected chi connectivity index (χ3v) is 6.48. The van der Waals surface area contributed by atoms with Crippen molar-refractivity contribution in [3.63, 3.8) is 0 Å². The molecule has 2 aromatic rings. The number of aromatic amines is 1. The van der Waals surface area contributed by atoms with Gasteiger partial charge in [-0.1, -0.05) is 31.6 Å². The number of hydrogen-bond acceptors (Lipinski definition) is 5. The topological polar surface area (TPSA) is 99.9 Å². The molecule has 1 saturated carbocycles. The number of aryl methyl sites for hydroxylation is 1. The van der Waals surface area contributed by atoms with Crippen LogP contribution in [0.15, 0.2) is 21.9 Å². The van der Waals surface area contributed by atoms with E-state index < -0.39 is 0 Å². The van der Waals surface area contributed by atoms with Crippen molar-refractivity contribution in [2.75, 3.05) is 26.3 Å².